The van der Waals surface area contributed by atoms with Gasteiger partial charge in [-0.05, 0) is 89.0 Å². The van der Waals surface area contributed by atoms with E-state index in [-0.39, 0.29) is 5.97 Å². The fourth-order valence-electron chi connectivity index (χ4n) is 3.78. The third-order valence-corrected chi connectivity index (χ3v) is 6.84. The molecule has 4 rings (SSSR count). The molecule has 4 aromatic rings. The Morgan fingerprint density at radius 2 is 1.68 bits per heavy atom. The zero-order chi connectivity index (χ0) is 24.1. The second kappa shape index (κ2) is 11.4. The highest BCUT2D eigenvalue weighted by Gasteiger charge is 2.14. The van der Waals surface area contributed by atoms with E-state index < -0.39 is 0 Å². The summed E-state index contributed by atoms with van der Waals surface area (Å²) in [6.45, 7) is 0.637. The highest BCUT2D eigenvalue weighted by molar-refractivity contribution is 14.1. The number of ether oxygens (including phenoxy) is 1. The van der Waals surface area contributed by atoms with Gasteiger partial charge in [0.1, 0.15) is 5.82 Å². The number of benzene rings is 3. The van der Waals surface area contributed by atoms with E-state index in [1.807, 2.05) is 30.5 Å². The molecule has 0 aliphatic heterocycles. The van der Waals surface area contributed by atoms with E-state index in [0.29, 0.717) is 22.2 Å². The lowest BCUT2D eigenvalue weighted by Gasteiger charge is -2.09. The van der Waals surface area contributed by atoms with E-state index in [1.165, 1.54) is 16.2 Å². The summed E-state index contributed by atoms with van der Waals surface area (Å²) in [6, 6.07) is 21.5. The van der Waals surface area contributed by atoms with Gasteiger partial charge in [-0.15, -0.1) is 0 Å². The normalized spacial score (nSPS) is 10.9. The molecule has 0 atom stereocenters. The van der Waals surface area contributed by atoms with Crippen molar-refractivity contribution in [2.75, 3.05) is 7.11 Å². The van der Waals surface area contributed by atoms with Crippen LogP contribution in [0.15, 0.2) is 72.9 Å². The molecule has 1 heterocycles. The Morgan fingerprint density at radius 3 is 2.35 bits per heavy atom. The van der Waals surface area contributed by atoms with Gasteiger partial charge in [0.2, 0.25) is 0 Å². The Bertz CT molecular complexity index is 1290. The standard InChI is InChI=1S/C27H23Cl2IN2O2/c1-34-27(33)20-9-5-19(6-10-20)16-32-17-25(23-14-11-21(28)15-24(23)29)31-26(32)4-2-3-18-7-12-22(30)13-8-18/h5-15,17H,2-4,16H2,1H3. The molecule has 4 nitrogen and oxygen atoms in total. The zero-order valence-electron chi connectivity index (χ0n) is 18.6. The highest BCUT2D eigenvalue weighted by atomic mass is 127. The molecule has 0 aliphatic rings. The van der Waals surface area contributed by atoms with Crippen LogP contribution in [0.2, 0.25) is 10.0 Å². The molecule has 0 spiro atoms. The topological polar surface area (TPSA) is 44.1 Å². The maximum atomic E-state index is 11.7. The van der Waals surface area contributed by atoms with E-state index in [4.69, 9.17) is 32.9 Å². The summed E-state index contributed by atoms with van der Waals surface area (Å²) >= 11 is 14.9. The summed E-state index contributed by atoms with van der Waals surface area (Å²) in [5.74, 6) is 0.647. The number of esters is 1. The third-order valence-electron chi connectivity index (χ3n) is 5.57. The van der Waals surface area contributed by atoms with E-state index in [0.717, 1.165) is 41.9 Å². The fourth-order valence-corrected chi connectivity index (χ4v) is 4.65. The lowest BCUT2D eigenvalue weighted by molar-refractivity contribution is 0.0600. The van der Waals surface area contributed by atoms with E-state index in [2.05, 4.69) is 51.4 Å². The Morgan fingerprint density at radius 1 is 0.971 bits per heavy atom. The smallest absolute Gasteiger partial charge is 0.337 e. The van der Waals surface area contributed by atoms with E-state index in [9.17, 15) is 4.79 Å². The van der Waals surface area contributed by atoms with Gasteiger partial charge in [0, 0.05) is 33.3 Å². The van der Waals surface area contributed by atoms with Gasteiger partial charge >= 0.3 is 5.97 Å². The molecule has 0 saturated carbocycles. The predicted octanol–water partition coefficient (Wildman–Crippen LogP) is 7.47. The van der Waals surface area contributed by atoms with E-state index in [1.54, 1.807) is 18.2 Å². The molecule has 0 radical (unpaired) electrons. The number of methoxy groups -OCH3 is 1. The molecular formula is C27H23Cl2IN2O2. The largest absolute Gasteiger partial charge is 0.465 e. The molecule has 0 amide bonds. The number of imidazole rings is 1. The van der Waals surface area contributed by atoms with Crippen molar-refractivity contribution >= 4 is 51.8 Å². The average Bonchev–Trinajstić information content (AvgIpc) is 3.22. The second-order valence-corrected chi connectivity index (χ2v) is 10.1. The first-order valence-corrected chi connectivity index (χ1v) is 12.7. The monoisotopic (exact) mass is 604 g/mol. The maximum absolute atomic E-state index is 11.7. The first-order valence-electron chi connectivity index (χ1n) is 10.9. The quantitative estimate of drug-likeness (QED) is 0.155. The summed E-state index contributed by atoms with van der Waals surface area (Å²) in [4.78, 5) is 16.7. The van der Waals surface area contributed by atoms with Gasteiger partial charge in [0.25, 0.3) is 0 Å². The van der Waals surface area contributed by atoms with Gasteiger partial charge in [0.05, 0.1) is 23.4 Å². The van der Waals surface area contributed by atoms with Gasteiger partial charge in [-0.1, -0.05) is 47.5 Å². The molecule has 0 bridgehead atoms. The summed E-state index contributed by atoms with van der Waals surface area (Å²) in [7, 11) is 1.38. The molecule has 0 aliphatic carbocycles. The van der Waals surface area contributed by atoms with Crippen molar-refractivity contribution in [2.45, 2.75) is 25.8 Å². The number of nitrogens with zero attached hydrogens (tertiary/aromatic N) is 2. The van der Waals surface area contributed by atoms with Crippen LogP contribution in [-0.4, -0.2) is 22.6 Å². The Balaban J connectivity index is 1.57. The van der Waals surface area contributed by atoms with Crippen LogP contribution in [0.1, 0.15) is 33.7 Å². The number of carbonyl (C=O) groups excluding carboxylic acids is 1. The van der Waals surface area contributed by atoms with Gasteiger partial charge in [0.15, 0.2) is 0 Å². The van der Waals surface area contributed by atoms with Crippen LogP contribution in [0.4, 0.5) is 0 Å². The summed E-state index contributed by atoms with van der Waals surface area (Å²) in [6.07, 6.45) is 4.82. The minimum Gasteiger partial charge on any atom is -0.465 e. The molecule has 1 aromatic heterocycles. The number of hydrogen-bond acceptors (Lipinski definition) is 3. The highest BCUT2D eigenvalue weighted by Crippen LogP contribution is 2.30. The SMILES string of the molecule is COC(=O)c1ccc(Cn2cc(-c3ccc(Cl)cc3Cl)nc2CCCc2ccc(I)cc2)cc1. The van der Waals surface area contributed by atoms with Gasteiger partial charge in [-0.2, -0.15) is 0 Å². The molecule has 0 N–H and O–H groups in total. The Labute approximate surface area is 223 Å². The minimum atomic E-state index is -0.342. The molecular weight excluding hydrogens is 582 g/mol. The van der Waals surface area contributed by atoms with Crippen molar-refractivity contribution in [1.29, 1.82) is 0 Å². The average molecular weight is 605 g/mol. The minimum absolute atomic E-state index is 0.342. The van der Waals surface area contributed by atoms with Crippen molar-refractivity contribution in [1.82, 2.24) is 9.55 Å². The lowest BCUT2D eigenvalue weighted by Crippen LogP contribution is -2.06. The van der Waals surface area contributed by atoms with Crippen molar-refractivity contribution in [2.24, 2.45) is 0 Å². The number of halogens is 3. The predicted molar refractivity (Wildman–Crippen MR) is 146 cm³/mol. The zero-order valence-corrected chi connectivity index (χ0v) is 22.3. The van der Waals surface area contributed by atoms with Crippen LogP contribution in [0.3, 0.4) is 0 Å². The van der Waals surface area contributed by atoms with Gasteiger partial charge in [-0.25, -0.2) is 9.78 Å². The first-order chi connectivity index (χ1) is 16.4. The van der Waals surface area contributed by atoms with Crippen LogP contribution < -0.4 is 0 Å². The van der Waals surface area contributed by atoms with Crippen molar-refractivity contribution in [3.8, 4) is 11.3 Å². The number of aromatic nitrogens is 2. The van der Waals surface area contributed by atoms with Crippen LogP contribution >= 0.6 is 45.8 Å². The molecule has 0 unspecified atom stereocenters. The van der Waals surface area contributed by atoms with E-state index >= 15 is 0 Å². The third kappa shape index (κ3) is 6.20. The van der Waals surface area contributed by atoms with Crippen LogP contribution in [0.5, 0.6) is 0 Å². The first kappa shape index (κ1) is 24.8. The number of hydrogen-bond donors (Lipinski definition) is 0. The second-order valence-electron chi connectivity index (χ2n) is 7.96. The Hall–Kier alpha value is -2.35. The van der Waals surface area contributed by atoms with Gasteiger partial charge < -0.3 is 9.30 Å². The van der Waals surface area contributed by atoms with Crippen molar-refractivity contribution in [3.05, 3.63) is 109 Å². The molecule has 174 valence electrons. The summed E-state index contributed by atoms with van der Waals surface area (Å²) in [5, 5.41) is 1.17. The Kier molecular flexibility index (Phi) is 8.29. The van der Waals surface area contributed by atoms with Crippen molar-refractivity contribution in [3.63, 3.8) is 0 Å². The molecule has 7 heteroatoms. The van der Waals surface area contributed by atoms with Crippen LogP contribution in [0, 0.1) is 3.57 Å². The number of aryl methyl sites for hydroxylation is 2. The van der Waals surface area contributed by atoms with Gasteiger partial charge in [-0.3, -0.25) is 0 Å². The molecule has 0 saturated heterocycles. The fraction of sp³-hybridized carbons (Fsp3) is 0.185. The van der Waals surface area contributed by atoms with Crippen LogP contribution in [-0.2, 0) is 24.1 Å². The number of rotatable bonds is 8. The molecule has 0 fully saturated rings. The summed E-state index contributed by atoms with van der Waals surface area (Å²) in [5.41, 5.74) is 4.58. The molecule has 3 aromatic carbocycles. The number of carbonyl (C=O) groups is 1. The summed E-state index contributed by atoms with van der Waals surface area (Å²) < 4.78 is 8.19. The van der Waals surface area contributed by atoms with Crippen molar-refractivity contribution < 1.29 is 9.53 Å². The lowest BCUT2D eigenvalue weighted by atomic mass is 10.1. The van der Waals surface area contributed by atoms with Crippen LogP contribution in [0.25, 0.3) is 11.3 Å². The molecule has 34 heavy (non-hydrogen) atoms. The maximum Gasteiger partial charge on any atom is 0.337 e.